The summed E-state index contributed by atoms with van der Waals surface area (Å²) in [7, 11) is 0. The normalized spacial score (nSPS) is 23.5. The standard InChI is InChI=1S/C33H44N2/c1-7-9-24-34-28-20-16-14-18-26(28)32(3,4)30(34)22-12-11-13-23-31-33(5,6)27-19-15-17-21-29(27)35(31)25-10-8-2/h11-23,30H,7-10,24-25H2,1-6H3/p+1/b13-11+,22-12+,31-23+. The van der Waals surface area contributed by atoms with Crippen molar-refractivity contribution in [1.82, 2.24) is 0 Å². The summed E-state index contributed by atoms with van der Waals surface area (Å²) in [5.41, 5.74) is 7.37. The van der Waals surface area contributed by atoms with Gasteiger partial charge in [-0.3, -0.25) is 4.90 Å². The molecule has 4 rings (SSSR count). The second kappa shape index (κ2) is 10.6. The topological polar surface area (TPSA) is 7.68 Å². The van der Waals surface area contributed by atoms with E-state index in [9.17, 15) is 0 Å². The van der Waals surface area contributed by atoms with Crippen molar-refractivity contribution in [3.05, 3.63) is 95.7 Å². The highest BCUT2D eigenvalue weighted by Crippen LogP contribution is 2.47. The van der Waals surface area contributed by atoms with Crippen LogP contribution in [0.4, 0.5) is 11.4 Å². The highest BCUT2D eigenvalue weighted by molar-refractivity contribution is 5.70. The van der Waals surface area contributed by atoms with Crippen molar-refractivity contribution < 1.29 is 4.90 Å². The molecule has 0 aliphatic carbocycles. The van der Waals surface area contributed by atoms with Gasteiger partial charge in [0.1, 0.15) is 11.7 Å². The molecule has 0 fully saturated rings. The van der Waals surface area contributed by atoms with Crippen LogP contribution in [-0.4, -0.2) is 19.1 Å². The van der Waals surface area contributed by atoms with Crippen molar-refractivity contribution in [3.8, 4) is 0 Å². The molecule has 0 radical (unpaired) electrons. The smallest absolute Gasteiger partial charge is 0.135 e. The summed E-state index contributed by atoms with van der Waals surface area (Å²) in [5.74, 6) is 0. The van der Waals surface area contributed by atoms with Crippen molar-refractivity contribution >= 4 is 11.4 Å². The minimum Gasteiger partial charge on any atom is -0.344 e. The third kappa shape index (κ3) is 4.78. The molecule has 1 N–H and O–H groups in total. The quantitative estimate of drug-likeness (QED) is 0.380. The van der Waals surface area contributed by atoms with Crippen molar-refractivity contribution in [2.24, 2.45) is 0 Å². The maximum atomic E-state index is 2.54. The molecule has 186 valence electrons. The van der Waals surface area contributed by atoms with Crippen LogP contribution in [0.5, 0.6) is 0 Å². The van der Waals surface area contributed by atoms with E-state index in [1.807, 2.05) is 0 Å². The van der Waals surface area contributed by atoms with Crippen LogP contribution >= 0.6 is 0 Å². The fourth-order valence-electron chi connectivity index (χ4n) is 6.19. The van der Waals surface area contributed by atoms with Gasteiger partial charge in [0.15, 0.2) is 0 Å². The van der Waals surface area contributed by atoms with Gasteiger partial charge >= 0.3 is 0 Å². The summed E-state index contributed by atoms with van der Waals surface area (Å²) < 4.78 is 0. The third-order valence-corrected chi connectivity index (χ3v) is 8.23. The van der Waals surface area contributed by atoms with Gasteiger partial charge in [-0.1, -0.05) is 95.2 Å². The molecule has 0 bridgehead atoms. The molecule has 2 heteroatoms. The minimum atomic E-state index is 0.0224. The average molecular weight is 470 g/mol. The summed E-state index contributed by atoms with van der Waals surface area (Å²) in [5, 5.41) is 0. The van der Waals surface area contributed by atoms with E-state index in [-0.39, 0.29) is 10.8 Å². The minimum absolute atomic E-state index is 0.0224. The van der Waals surface area contributed by atoms with Gasteiger partial charge in [-0.05, 0) is 56.5 Å². The van der Waals surface area contributed by atoms with Gasteiger partial charge in [0.05, 0.1) is 12.0 Å². The molecule has 0 saturated heterocycles. The lowest BCUT2D eigenvalue weighted by molar-refractivity contribution is -0.850. The van der Waals surface area contributed by atoms with Crippen molar-refractivity contribution in [2.75, 3.05) is 18.0 Å². The summed E-state index contributed by atoms with van der Waals surface area (Å²) in [6, 6.07) is 18.4. The summed E-state index contributed by atoms with van der Waals surface area (Å²) >= 11 is 0. The molecule has 0 saturated carbocycles. The van der Waals surface area contributed by atoms with Gasteiger partial charge in [-0.15, -0.1) is 0 Å². The highest BCUT2D eigenvalue weighted by Gasteiger charge is 2.47. The van der Waals surface area contributed by atoms with Gasteiger partial charge in [0, 0.05) is 28.9 Å². The second-order valence-corrected chi connectivity index (χ2v) is 11.3. The van der Waals surface area contributed by atoms with Crippen molar-refractivity contribution in [2.45, 2.75) is 84.1 Å². The second-order valence-electron chi connectivity index (χ2n) is 11.3. The first-order valence-electron chi connectivity index (χ1n) is 13.7. The number of nitrogens with zero attached hydrogens (tertiary/aromatic N) is 1. The van der Waals surface area contributed by atoms with E-state index in [4.69, 9.17) is 0 Å². The molecule has 2 aliphatic heterocycles. The number of quaternary nitrogens is 1. The van der Waals surface area contributed by atoms with E-state index < -0.39 is 0 Å². The zero-order valence-corrected chi connectivity index (χ0v) is 22.8. The monoisotopic (exact) mass is 469 g/mol. The molecule has 2 aromatic carbocycles. The van der Waals surface area contributed by atoms with Crippen LogP contribution in [0, 0.1) is 0 Å². The molecule has 2 nitrogen and oxygen atoms in total. The van der Waals surface area contributed by atoms with Crippen LogP contribution in [0.15, 0.2) is 84.6 Å². The molecule has 2 aromatic rings. The lowest BCUT2D eigenvalue weighted by atomic mass is 9.80. The molecular weight excluding hydrogens is 424 g/mol. The Kier molecular flexibility index (Phi) is 7.71. The first-order chi connectivity index (χ1) is 16.8. The Morgan fingerprint density at radius 1 is 0.829 bits per heavy atom. The van der Waals surface area contributed by atoms with Crippen LogP contribution < -0.4 is 9.80 Å². The zero-order valence-electron chi connectivity index (χ0n) is 22.8. The van der Waals surface area contributed by atoms with Crippen LogP contribution in [-0.2, 0) is 10.8 Å². The van der Waals surface area contributed by atoms with Crippen LogP contribution in [0.2, 0.25) is 0 Å². The summed E-state index contributed by atoms with van der Waals surface area (Å²) in [4.78, 5) is 4.16. The molecule has 2 atom stereocenters. The number of fused-ring (bicyclic) bond motifs is 2. The lowest BCUT2D eigenvalue weighted by Crippen LogP contribution is -3.10. The Morgan fingerprint density at radius 2 is 1.51 bits per heavy atom. The highest BCUT2D eigenvalue weighted by atomic mass is 15.2. The number of hydrogen-bond acceptors (Lipinski definition) is 1. The number of allylic oxidation sites excluding steroid dienone is 5. The lowest BCUT2D eigenvalue weighted by Gasteiger charge is -2.27. The predicted octanol–water partition coefficient (Wildman–Crippen LogP) is 7.26. The first kappa shape index (κ1) is 25.5. The number of anilines is 1. The third-order valence-electron chi connectivity index (χ3n) is 8.23. The molecular formula is C33H45N2+. The molecule has 0 spiro atoms. The van der Waals surface area contributed by atoms with Crippen LogP contribution in [0.3, 0.4) is 0 Å². The Labute approximate surface area is 214 Å². The predicted molar refractivity (Wildman–Crippen MR) is 152 cm³/mol. The van der Waals surface area contributed by atoms with E-state index in [2.05, 4.69) is 125 Å². The van der Waals surface area contributed by atoms with E-state index in [1.54, 1.807) is 4.90 Å². The van der Waals surface area contributed by atoms with Gasteiger partial charge in [-0.2, -0.15) is 0 Å². The van der Waals surface area contributed by atoms with Crippen molar-refractivity contribution in [1.29, 1.82) is 0 Å². The zero-order chi connectivity index (χ0) is 25.1. The molecule has 0 amide bonds. The van der Waals surface area contributed by atoms with Crippen molar-refractivity contribution in [3.63, 3.8) is 0 Å². The molecule has 2 unspecified atom stereocenters. The molecule has 35 heavy (non-hydrogen) atoms. The van der Waals surface area contributed by atoms with Crippen LogP contribution in [0.1, 0.15) is 78.4 Å². The largest absolute Gasteiger partial charge is 0.344 e. The number of benzene rings is 2. The van der Waals surface area contributed by atoms with E-state index in [0.29, 0.717) is 6.04 Å². The van der Waals surface area contributed by atoms with Gasteiger partial charge in [0.25, 0.3) is 0 Å². The molecule has 0 aromatic heterocycles. The van der Waals surface area contributed by atoms with Crippen LogP contribution in [0.25, 0.3) is 0 Å². The maximum absolute atomic E-state index is 2.54. The maximum Gasteiger partial charge on any atom is 0.135 e. The first-order valence-corrected chi connectivity index (χ1v) is 13.7. The fourth-order valence-corrected chi connectivity index (χ4v) is 6.19. The van der Waals surface area contributed by atoms with E-state index in [1.165, 1.54) is 60.4 Å². The van der Waals surface area contributed by atoms with Gasteiger partial charge in [0.2, 0.25) is 0 Å². The summed E-state index contributed by atoms with van der Waals surface area (Å²) in [6.45, 7) is 16.4. The Hall–Kier alpha value is -2.58. The average Bonchev–Trinajstić information content (AvgIpc) is 3.20. The van der Waals surface area contributed by atoms with Gasteiger partial charge in [-0.25, -0.2) is 0 Å². The Morgan fingerprint density at radius 3 is 2.26 bits per heavy atom. The van der Waals surface area contributed by atoms with E-state index in [0.717, 1.165) is 6.54 Å². The number of para-hydroxylation sites is 2. The molecule has 2 aliphatic rings. The fraction of sp³-hybridized carbons (Fsp3) is 0.455. The molecule has 2 heterocycles. The summed E-state index contributed by atoms with van der Waals surface area (Å²) in [6.07, 6.45) is 16.5. The number of nitrogens with one attached hydrogen (secondary N) is 1. The number of unbranched alkanes of at least 4 members (excludes halogenated alkanes) is 2. The number of hydrogen-bond donors (Lipinski definition) is 1. The van der Waals surface area contributed by atoms with E-state index >= 15 is 0 Å². The van der Waals surface area contributed by atoms with Gasteiger partial charge < -0.3 is 4.90 Å². The number of rotatable bonds is 9. The Balaban J connectivity index is 1.57. The Bertz CT molecular complexity index is 1100. The SMILES string of the molecule is CCCCN1/C(=C/C=C/C=C/C2[NH+](CCCC)c3ccccc3C2(C)C)C(C)(C)c2ccccc21.